The van der Waals surface area contributed by atoms with E-state index in [0.717, 1.165) is 4.57 Å². The van der Waals surface area contributed by atoms with Crippen LogP contribution in [0.1, 0.15) is 40.6 Å². The highest BCUT2D eigenvalue weighted by Gasteiger charge is 2.32. The number of aromatic hydroxyl groups is 1. The van der Waals surface area contributed by atoms with Gasteiger partial charge in [-0.3, -0.25) is 23.7 Å². The van der Waals surface area contributed by atoms with Crippen molar-refractivity contribution in [3.63, 3.8) is 0 Å². The number of aromatic nitrogens is 2. The molecule has 1 saturated heterocycles. The number of amides is 3. The van der Waals surface area contributed by atoms with Gasteiger partial charge in [-0.15, -0.1) is 0 Å². The standard InChI is InChI=1S/C23H28FN5O6/c1-27(2)22(33)23(34)29-9-5-6-14(12-29)19-26-17(18(30)21(32)28(19)3)20(31)25-11-13-7-8-15(24)10-16(13)35-4/h7-8,10,14,30H,5-6,9,11-12H2,1-4H3,(H,25,31)/t14-/m1/s1. The predicted octanol–water partition coefficient (Wildman–Crippen LogP) is 0.358. The third-order valence-electron chi connectivity index (χ3n) is 5.87. The molecule has 0 saturated carbocycles. The number of hydrogen-bond acceptors (Lipinski definition) is 7. The number of ether oxygens (including phenoxy) is 1. The molecule has 0 unspecified atom stereocenters. The number of piperidine rings is 1. The van der Waals surface area contributed by atoms with Gasteiger partial charge in [-0.05, 0) is 18.9 Å². The maximum Gasteiger partial charge on any atom is 0.312 e. The molecule has 1 aromatic heterocycles. The molecule has 35 heavy (non-hydrogen) atoms. The van der Waals surface area contributed by atoms with Crippen LogP contribution in [0.4, 0.5) is 4.39 Å². The fourth-order valence-electron chi connectivity index (χ4n) is 3.95. The smallest absolute Gasteiger partial charge is 0.312 e. The van der Waals surface area contributed by atoms with Crippen molar-refractivity contribution in [3.05, 3.63) is 51.5 Å². The minimum absolute atomic E-state index is 0.0632. The van der Waals surface area contributed by atoms with Crippen molar-refractivity contribution >= 4 is 17.7 Å². The van der Waals surface area contributed by atoms with E-state index in [9.17, 15) is 28.7 Å². The van der Waals surface area contributed by atoms with Gasteiger partial charge in [0, 0.05) is 58.3 Å². The lowest BCUT2D eigenvalue weighted by molar-refractivity contribution is -0.151. The summed E-state index contributed by atoms with van der Waals surface area (Å²) in [6.07, 6.45) is 1.14. The zero-order valence-corrected chi connectivity index (χ0v) is 20.0. The molecule has 2 heterocycles. The van der Waals surface area contributed by atoms with Crippen molar-refractivity contribution < 1.29 is 28.6 Å². The number of benzene rings is 1. The molecule has 2 N–H and O–H groups in total. The summed E-state index contributed by atoms with van der Waals surface area (Å²) in [5.41, 5.74) is -0.790. The molecule has 0 radical (unpaired) electrons. The van der Waals surface area contributed by atoms with Crippen LogP contribution in [0.15, 0.2) is 23.0 Å². The van der Waals surface area contributed by atoms with Crippen molar-refractivity contribution in [1.29, 1.82) is 0 Å². The van der Waals surface area contributed by atoms with Crippen LogP contribution in [-0.4, -0.2) is 76.5 Å². The van der Waals surface area contributed by atoms with Gasteiger partial charge in [0.2, 0.25) is 5.75 Å². The Kier molecular flexibility index (Phi) is 7.72. The molecule has 2 aromatic rings. The molecule has 1 atom stereocenters. The number of nitrogens with zero attached hydrogens (tertiary/aromatic N) is 4. The van der Waals surface area contributed by atoms with Crippen LogP contribution in [0.5, 0.6) is 11.5 Å². The van der Waals surface area contributed by atoms with Crippen LogP contribution in [0.3, 0.4) is 0 Å². The quantitative estimate of drug-likeness (QED) is 0.579. The Hall–Kier alpha value is -3.96. The molecule has 1 aromatic carbocycles. The van der Waals surface area contributed by atoms with E-state index in [-0.39, 0.29) is 24.7 Å². The van der Waals surface area contributed by atoms with Gasteiger partial charge in [0.15, 0.2) is 5.69 Å². The van der Waals surface area contributed by atoms with E-state index in [1.165, 1.54) is 56.3 Å². The minimum atomic E-state index is -0.814. The summed E-state index contributed by atoms with van der Waals surface area (Å²) in [4.78, 5) is 57.0. The summed E-state index contributed by atoms with van der Waals surface area (Å²) >= 11 is 0. The maximum absolute atomic E-state index is 13.4. The van der Waals surface area contributed by atoms with Gasteiger partial charge < -0.3 is 25.0 Å². The summed E-state index contributed by atoms with van der Waals surface area (Å²) in [7, 11) is 5.75. The molecular formula is C23H28FN5O6. The number of methoxy groups -OCH3 is 1. The number of carbonyl (C=O) groups excluding carboxylic acids is 3. The maximum atomic E-state index is 13.4. The summed E-state index contributed by atoms with van der Waals surface area (Å²) in [6.45, 7) is 0.456. The third-order valence-corrected chi connectivity index (χ3v) is 5.87. The lowest BCUT2D eigenvalue weighted by Gasteiger charge is -2.33. The average Bonchev–Trinajstić information content (AvgIpc) is 2.85. The SMILES string of the molecule is COc1cc(F)ccc1CNC(=O)c1nc([C@@H]2CCCN(C(=O)C(=O)N(C)C)C2)n(C)c(=O)c1O. The first-order valence-corrected chi connectivity index (χ1v) is 11.0. The van der Waals surface area contributed by atoms with Gasteiger partial charge in [0.25, 0.3) is 11.5 Å². The monoisotopic (exact) mass is 489 g/mol. The number of carbonyl (C=O) groups is 3. The van der Waals surface area contributed by atoms with Crippen LogP contribution in [-0.2, 0) is 23.2 Å². The van der Waals surface area contributed by atoms with E-state index in [2.05, 4.69) is 10.3 Å². The van der Waals surface area contributed by atoms with Crippen LogP contribution in [0.25, 0.3) is 0 Å². The Balaban J connectivity index is 1.85. The summed E-state index contributed by atoms with van der Waals surface area (Å²) in [5.74, 6) is -3.42. The van der Waals surface area contributed by atoms with Gasteiger partial charge in [0.05, 0.1) is 7.11 Å². The number of hydrogen-bond donors (Lipinski definition) is 2. The highest BCUT2D eigenvalue weighted by molar-refractivity contribution is 6.34. The van der Waals surface area contributed by atoms with E-state index < -0.39 is 46.5 Å². The zero-order chi connectivity index (χ0) is 25.9. The molecule has 11 nitrogen and oxygen atoms in total. The normalized spacial score (nSPS) is 15.5. The minimum Gasteiger partial charge on any atom is -0.501 e. The predicted molar refractivity (Wildman–Crippen MR) is 123 cm³/mol. The van der Waals surface area contributed by atoms with Crippen LogP contribution in [0.2, 0.25) is 0 Å². The molecule has 0 bridgehead atoms. The summed E-state index contributed by atoms with van der Waals surface area (Å²) in [5, 5.41) is 12.9. The van der Waals surface area contributed by atoms with Gasteiger partial charge in [-0.1, -0.05) is 6.07 Å². The molecular weight excluding hydrogens is 461 g/mol. The largest absolute Gasteiger partial charge is 0.501 e. The van der Waals surface area contributed by atoms with E-state index in [0.29, 0.717) is 24.9 Å². The average molecular weight is 490 g/mol. The van der Waals surface area contributed by atoms with Crippen molar-refractivity contribution in [3.8, 4) is 11.5 Å². The number of nitrogens with one attached hydrogen (secondary N) is 1. The van der Waals surface area contributed by atoms with Gasteiger partial charge in [-0.2, -0.15) is 0 Å². The van der Waals surface area contributed by atoms with Crippen molar-refractivity contribution in [2.75, 3.05) is 34.3 Å². The van der Waals surface area contributed by atoms with Crippen molar-refractivity contribution in [1.82, 2.24) is 24.7 Å². The fourth-order valence-corrected chi connectivity index (χ4v) is 3.95. The second-order valence-corrected chi connectivity index (χ2v) is 8.46. The molecule has 0 spiro atoms. The van der Waals surface area contributed by atoms with Gasteiger partial charge in [-0.25, -0.2) is 9.37 Å². The highest BCUT2D eigenvalue weighted by Crippen LogP contribution is 2.26. The molecule has 0 aliphatic carbocycles. The Morgan fingerprint density at radius 2 is 2.03 bits per heavy atom. The summed E-state index contributed by atoms with van der Waals surface area (Å²) < 4.78 is 19.7. The van der Waals surface area contributed by atoms with Crippen LogP contribution >= 0.6 is 0 Å². The first kappa shape index (κ1) is 25.7. The summed E-state index contributed by atoms with van der Waals surface area (Å²) in [6, 6.07) is 3.83. The number of likely N-dealkylation sites (tertiary alicyclic amines) is 1. The molecule has 12 heteroatoms. The van der Waals surface area contributed by atoms with Crippen LogP contribution < -0.4 is 15.6 Å². The highest BCUT2D eigenvalue weighted by atomic mass is 19.1. The first-order valence-electron chi connectivity index (χ1n) is 11.0. The molecule has 1 fully saturated rings. The van der Waals surface area contributed by atoms with Crippen molar-refractivity contribution in [2.45, 2.75) is 25.3 Å². The Morgan fingerprint density at radius 1 is 1.31 bits per heavy atom. The molecule has 188 valence electrons. The van der Waals surface area contributed by atoms with E-state index in [1.54, 1.807) is 0 Å². The Labute approximate surface area is 201 Å². The number of halogens is 1. The molecule has 3 amide bonds. The lowest BCUT2D eigenvalue weighted by atomic mass is 9.96. The molecule has 1 aliphatic rings. The molecule has 1 aliphatic heterocycles. The third kappa shape index (κ3) is 5.42. The Bertz CT molecular complexity index is 1210. The van der Waals surface area contributed by atoms with Crippen LogP contribution in [0, 0.1) is 5.82 Å². The lowest BCUT2D eigenvalue weighted by Crippen LogP contribution is -2.47. The van der Waals surface area contributed by atoms with E-state index in [1.807, 2.05) is 0 Å². The van der Waals surface area contributed by atoms with E-state index >= 15 is 0 Å². The number of rotatable bonds is 5. The number of likely N-dealkylation sites (N-methyl/N-ethyl adjacent to an activating group) is 1. The van der Waals surface area contributed by atoms with E-state index in [4.69, 9.17) is 4.74 Å². The van der Waals surface area contributed by atoms with Crippen molar-refractivity contribution in [2.24, 2.45) is 7.05 Å². The first-order chi connectivity index (χ1) is 16.5. The second-order valence-electron chi connectivity index (χ2n) is 8.46. The Morgan fingerprint density at radius 3 is 2.69 bits per heavy atom. The second kappa shape index (κ2) is 10.5. The zero-order valence-electron chi connectivity index (χ0n) is 20.0. The van der Waals surface area contributed by atoms with Gasteiger partial charge >= 0.3 is 11.8 Å². The molecule has 3 rings (SSSR count). The fraction of sp³-hybridized carbons (Fsp3) is 0.435. The topological polar surface area (TPSA) is 134 Å². The van der Waals surface area contributed by atoms with Gasteiger partial charge in [0.1, 0.15) is 17.4 Å².